The predicted molar refractivity (Wildman–Crippen MR) is 133 cm³/mol. The molecule has 4 heterocycles. The number of H-pyrrole nitrogens is 1. The fraction of sp³-hybridized carbons (Fsp3) is 0.462. The molecule has 0 atom stereocenters. The summed E-state index contributed by atoms with van der Waals surface area (Å²) in [5, 5.41) is 3.09. The van der Waals surface area contributed by atoms with Gasteiger partial charge in [-0.2, -0.15) is 0 Å². The molecular formula is C26H29N5O6. The zero-order valence-electron chi connectivity index (χ0n) is 20.6. The first kappa shape index (κ1) is 23.4. The van der Waals surface area contributed by atoms with Gasteiger partial charge in [0.1, 0.15) is 23.3 Å². The van der Waals surface area contributed by atoms with E-state index in [2.05, 4.69) is 20.3 Å². The van der Waals surface area contributed by atoms with Crippen LogP contribution < -0.4 is 19.5 Å². The molecule has 1 saturated heterocycles. The van der Waals surface area contributed by atoms with Crippen molar-refractivity contribution in [3.05, 3.63) is 30.2 Å². The van der Waals surface area contributed by atoms with Crippen LogP contribution in [0, 0.1) is 5.92 Å². The van der Waals surface area contributed by atoms with Crippen LogP contribution in [0.4, 0.5) is 4.79 Å². The van der Waals surface area contributed by atoms with Crippen LogP contribution in [0.2, 0.25) is 0 Å². The van der Waals surface area contributed by atoms with Gasteiger partial charge >= 0.3 is 6.09 Å². The summed E-state index contributed by atoms with van der Waals surface area (Å²) in [6, 6.07) is 3.67. The monoisotopic (exact) mass is 507 g/mol. The number of aromatic amines is 1. The molecule has 11 nitrogen and oxygen atoms in total. The van der Waals surface area contributed by atoms with Gasteiger partial charge in [-0.3, -0.25) is 4.79 Å². The van der Waals surface area contributed by atoms with Gasteiger partial charge < -0.3 is 34.1 Å². The molecule has 1 saturated carbocycles. The van der Waals surface area contributed by atoms with Crippen LogP contribution in [-0.2, 0) is 4.74 Å². The van der Waals surface area contributed by atoms with Crippen molar-refractivity contribution in [2.75, 3.05) is 33.1 Å². The van der Waals surface area contributed by atoms with Gasteiger partial charge in [0, 0.05) is 25.3 Å². The van der Waals surface area contributed by atoms with Gasteiger partial charge in [-0.1, -0.05) is 0 Å². The minimum Gasteiger partial charge on any atom is -0.492 e. The lowest BCUT2D eigenvalue weighted by molar-refractivity contribution is 0.0861. The van der Waals surface area contributed by atoms with Crippen molar-refractivity contribution in [2.45, 2.75) is 38.6 Å². The second kappa shape index (κ2) is 9.79. The molecule has 194 valence electrons. The van der Waals surface area contributed by atoms with Crippen molar-refractivity contribution < 1.29 is 28.5 Å². The normalized spacial score (nSPS) is 17.2. The van der Waals surface area contributed by atoms with Gasteiger partial charge in [0.2, 0.25) is 6.79 Å². The van der Waals surface area contributed by atoms with E-state index in [1.165, 1.54) is 19.2 Å². The summed E-state index contributed by atoms with van der Waals surface area (Å²) in [7, 11) is 0. The standard InChI is InChI=1S/C26H29N5O6/c1-2-34-26(33)31-9-7-16(8-10-31)30-25(32)17-11-27-23-21(17)28-13-29-22(23)20-18(35-12-15-3-4-15)5-6-19-24(20)37-14-36-19/h5-6,11,13,15-16,27H,2-4,7-10,12,14H2,1H3,(H,30,32). The topological polar surface area (TPSA) is 128 Å². The van der Waals surface area contributed by atoms with Crippen LogP contribution in [0.1, 0.15) is 43.0 Å². The first-order valence-electron chi connectivity index (χ1n) is 12.7. The Hall–Kier alpha value is -4.02. The largest absolute Gasteiger partial charge is 0.492 e. The Morgan fingerprint density at radius 1 is 1.16 bits per heavy atom. The molecule has 2 fully saturated rings. The number of carbonyl (C=O) groups excluding carboxylic acids is 2. The number of carbonyl (C=O) groups is 2. The summed E-state index contributed by atoms with van der Waals surface area (Å²) in [5.74, 6) is 2.20. The van der Waals surface area contributed by atoms with E-state index in [4.69, 9.17) is 18.9 Å². The average Bonchev–Trinajstić information content (AvgIpc) is 3.43. The summed E-state index contributed by atoms with van der Waals surface area (Å²) < 4.78 is 22.6. The Labute approximate surface area is 213 Å². The maximum Gasteiger partial charge on any atom is 0.409 e. The van der Waals surface area contributed by atoms with E-state index in [0.29, 0.717) is 90.2 Å². The Morgan fingerprint density at radius 2 is 2.00 bits per heavy atom. The third-order valence-electron chi connectivity index (χ3n) is 6.97. The van der Waals surface area contributed by atoms with Crippen molar-refractivity contribution in [1.29, 1.82) is 0 Å². The highest BCUT2D eigenvalue weighted by Crippen LogP contribution is 2.48. The number of nitrogens with zero attached hydrogens (tertiary/aromatic N) is 3. The van der Waals surface area contributed by atoms with Gasteiger partial charge in [-0.05, 0) is 50.7 Å². The number of piperidine rings is 1. The summed E-state index contributed by atoms with van der Waals surface area (Å²) in [6.45, 7) is 3.96. The summed E-state index contributed by atoms with van der Waals surface area (Å²) in [5.41, 5.74) is 2.82. The third-order valence-corrected chi connectivity index (χ3v) is 6.97. The van der Waals surface area contributed by atoms with Crippen LogP contribution in [0.15, 0.2) is 24.7 Å². The molecule has 0 bridgehead atoms. The number of hydrogen-bond acceptors (Lipinski definition) is 8. The summed E-state index contributed by atoms with van der Waals surface area (Å²) in [6.07, 6.45) is 6.45. The second-order valence-electron chi connectivity index (χ2n) is 9.51. The van der Waals surface area contributed by atoms with Crippen molar-refractivity contribution in [3.8, 4) is 28.5 Å². The lowest BCUT2D eigenvalue weighted by atomic mass is 10.0. The third kappa shape index (κ3) is 4.61. The van der Waals surface area contributed by atoms with Crippen LogP contribution in [0.3, 0.4) is 0 Å². The molecule has 3 aliphatic rings. The van der Waals surface area contributed by atoms with Crippen molar-refractivity contribution >= 4 is 23.0 Å². The Morgan fingerprint density at radius 3 is 2.78 bits per heavy atom. The molecule has 0 unspecified atom stereocenters. The fourth-order valence-corrected chi connectivity index (χ4v) is 4.78. The number of fused-ring (bicyclic) bond motifs is 2. The summed E-state index contributed by atoms with van der Waals surface area (Å²) in [4.78, 5) is 39.0. The van der Waals surface area contributed by atoms with E-state index in [-0.39, 0.29) is 24.8 Å². The molecule has 37 heavy (non-hydrogen) atoms. The van der Waals surface area contributed by atoms with E-state index < -0.39 is 0 Å². The number of hydrogen-bond donors (Lipinski definition) is 2. The Balaban J connectivity index is 1.25. The quantitative estimate of drug-likeness (QED) is 0.497. The number of aromatic nitrogens is 3. The van der Waals surface area contributed by atoms with Crippen molar-refractivity contribution in [2.24, 2.45) is 5.92 Å². The first-order valence-corrected chi connectivity index (χ1v) is 12.7. The SMILES string of the molecule is CCOC(=O)N1CCC(NC(=O)c2c[nH]c3c(-c4c(OCC5CC5)ccc5c4OCO5)ncnc23)CC1. The van der Waals surface area contributed by atoms with Crippen LogP contribution in [0.25, 0.3) is 22.3 Å². The van der Waals surface area contributed by atoms with Gasteiger partial charge in [0.25, 0.3) is 5.91 Å². The van der Waals surface area contributed by atoms with E-state index in [1.54, 1.807) is 18.0 Å². The van der Waals surface area contributed by atoms with Crippen LogP contribution in [-0.4, -0.2) is 71.0 Å². The molecule has 11 heteroatoms. The number of nitrogens with one attached hydrogen (secondary N) is 2. The number of likely N-dealkylation sites (tertiary alicyclic amines) is 1. The zero-order chi connectivity index (χ0) is 25.4. The second-order valence-corrected chi connectivity index (χ2v) is 9.51. The maximum absolute atomic E-state index is 13.2. The maximum atomic E-state index is 13.2. The van der Waals surface area contributed by atoms with Gasteiger partial charge in [-0.15, -0.1) is 0 Å². The van der Waals surface area contributed by atoms with E-state index in [1.807, 2.05) is 12.1 Å². The first-order chi connectivity index (χ1) is 18.1. The molecule has 0 spiro atoms. The summed E-state index contributed by atoms with van der Waals surface area (Å²) >= 11 is 0. The van der Waals surface area contributed by atoms with Gasteiger partial charge in [0.05, 0.1) is 29.9 Å². The van der Waals surface area contributed by atoms with Gasteiger partial charge in [-0.25, -0.2) is 14.8 Å². The lowest BCUT2D eigenvalue weighted by Gasteiger charge is -2.31. The highest BCUT2D eigenvalue weighted by Gasteiger charge is 2.30. The minimum absolute atomic E-state index is 0.0465. The smallest absolute Gasteiger partial charge is 0.409 e. The van der Waals surface area contributed by atoms with Crippen LogP contribution >= 0.6 is 0 Å². The Bertz CT molecular complexity index is 1330. The van der Waals surface area contributed by atoms with Crippen molar-refractivity contribution in [3.63, 3.8) is 0 Å². The Kier molecular flexibility index (Phi) is 6.19. The fourth-order valence-electron chi connectivity index (χ4n) is 4.78. The molecule has 0 radical (unpaired) electrons. The number of ether oxygens (including phenoxy) is 4. The van der Waals surface area contributed by atoms with E-state index >= 15 is 0 Å². The molecule has 2 N–H and O–H groups in total. The van der Waals surface area contributed by atoms with E-state index in [9.17, 15) is 9.59 Å². The number of amides is 2. The molecular weight excluding hydrogens is 478 g/mol. The van der Waals surface area contributed by atoms with Crippen molar-refractivity contribution in [1.82, 2.24) is 25.2 Å². The van der Waals surface area contributed by atoms with Crippen LogP contribution in [0.5, 0.6) is 17.2 Å². The molecule has 2 aliphatic heterocycles. The number of rotatable bonds is 7. The highest BCUT2D eigenvalue weighted by atomic mass is 16.7. The van der Waals surface area contributed by atoms with E-state index in [0.717, 1.165) is 0 Å². The molecule has 1 aliphatic carbocycles. The molecule has 2 aromatic heterocycles. The average molecular weight is 508 g/mol. The lowest BCUT2D eigenvalue weighted by Crippen LogP contribution is -2.46. The number of benzene rings is 1. The molecule has 6 rings (SSSR count). The molecule has 2 amide bonds. The highest BCUT2D eigenvalue weighted by molar-refractivity contribution is 6.08. The predicted octanol–water partition coefficient (Wildman–Crippen LogP) is 3.49. The zero-order valence-corrected chi connectivity index (χ0v) is 20.6. The molecule has 1 aromatic carbocycles. The van der Waals surface area contributed by atoms with Gasteiger partial charge in [0.15, 0.2) is 11.5 Å². The minimum atomic E-state index is -0.310. The molecule has 3 aromatic rings.